The highest BCUT2D eigenvalue weighted by molar-refractivity contribution is 6.46. The summed E-state index contributed by atoms with van der Waals surface area (Å²) >= 11 is 0. The number of benzene rings is 2. The number of hydrogen-bond donors (Lipinski definition) is 1. The lowest BCUT2D eigenvalue weighted by Gasteiger charge is -2.23. The second kappa shape index (κ2) is 9.69. The average molecular weight is 491 g/mol. The number of carbonyl (C=O) groups excluding carboxylic acids is 2. The summed E-state index contributed by atoms with van der Waals surface area (Å²) in [4.78, 5) is 27.9. The van der Waals surface area contributed by atoms with Crippen LogP contribution in [0.1, 0.15) is 36.8 Å². The highest BCUT2D eigenvalue weighted by Gasteiger charge is 2.47. The number of amides is 1. The molecule has 3 aromatic rings. The Morgan fingerprint density at radius 3 is 2.58 bits per heavy atom. The van der Waals surface area contributed by atoms with E-state index in [1.165, 1.54) is 11.2 Å². The first-order valence-corrected chi connectivity index (χ1v) is 11.6. The number of fused-ring (bicyclic) bond motifs is 1. The number of rotatable bonds is 8. The molecule has 36 heavy (non-hydrogen) atoms. The van der Waals surface area contributed by atoms with E-state index in [-0.39, 0.29) is 30.2 Å². The van der Waals surface area contributed by atoms with Gasteiger partial charge in [0.25, 0.3) is 11.7 Å². The molecular weight excluding hydrogens is 466 g/mol. The number of carbonyl (C=O) groups is 2. The third-order valence-electron chi connectivity index (χ3n) is 5.96. The fourth-order valence-electron chi connectivity index (χ4n) is 4.40. The molecule has 1 fully saturated rings. The molecule has 2 aromatic carbocycles. The van der Waals surface area contributed by atoms with Crippen LogP contribution in [0.4, 0.5) is 0 Å². The molecule has 0 radical (unpaired) electrons. The van der Waals surface area contributed by atoms with Crippen molar-refractivity contribution in [3.8, 4) is 23.0 Å². The summed E-state index contributed by atoms with van der Waals surface area (Å²) < 4.78 is 27.7. The number of likely N-dealkylation sites (tertiary alicyclic amines) is 1. The van der Waals surface area contributed by atoms with Crippen molar-refractivity contribution in [3.05, 3.63) is 77.3 Å². The summed E-state index contributed by atoms with van der Waals surface area (Å²) in [6.07, 6.45) is 1.46. The maximum Gasteiger partial charge on any atom is 0.296 e. The van der Waals surface area contributed by atoms with Crippen LogP contribution in [0.3, 0.4) is 0 Å². The summed E-state index contributed by atoms with van der Waals surface area (Å²) in [5, 5.41) is 11.4. The van der Waals surface area contributed by atoms with Crippen molar-refractivity contribution in [3.63, 3.8) is 0 Å². The first-order valence-electron chi connectivity index (χ1n) is 11.6. The molecule has 0 saturated carbocycles. The van der Waals surface area contributed by atoms with Crippen LogP contribution in [0.15, 0.2) is 64.8 Å². The first kappa shape index (κ1) is 23.3. The number of ketones is 1. The monoisotopic (exact) mass is 491 g/mol. The van der Waals surface area contributed by atoms with Gasteiger partial charge in [-0.05, 0) is 55.8 Å². The van der Waals surface area contributed by atoms with Crippen LogP contribution in [-0.4, -0.2) is 41.7 Å². The maximum absolute atomic E-state index is 13.3. The SMILES string of the molecule is CCOc1ccc(/C(O)=C2/C(=O)C(=O)N(Cc3ccc4c(c3)OCO4)C2c2ccco2)c(OCC)c1. The molecule has 1 saturated heterocycles. The van der Waals surface area contributed by atoms with E-state index in [1.54, 1.807) is 48.5 Å². The Hall–Kier alpha value is -4.40. The number of hydrogen-bond acceptors (Lipinski definition) is 8. The molecule has 1 aromatic heterocycles. The van der Waals surface area contributed by atoms with Crippen molar-refractivity contribution in [2.45, 2.75) is 26.4 Å². The second-order valence-corrected chi connectivity index (χ2v) is 8.15. The van der Waals surface area contributed by atoms with E-state index < -0.39 is 17.7 Å². The maximum atomic E-state index is 13.3. The third-order valence-corrected chi connectivity index (χ3v) is 5.96. The molecule has 9 heteroatoms. The van der Waals surface area contributed by atoms with Gasteiger partial charge >= 0.3 is 0 Å². The molecule has 1 amide bonds. The minimum Gasteiger partial charge on any atom is -0.507 e. The third kappa shape index (κ3) is 4.13. The lowest BCUT2D eigenvalue weighted by molar-refractivity contribution is -0.140. The molecule has 186 valence electrons. The molecule has 2 aliphatic heterocycles. The van der Waals surface area contributed by atoms with Gasteiger partial charge in [0.1, 0.15) is 29.1 Å². The van der Waals surface area contributed by atoms with Crippen molar-refractivity contribution in [1.82, 2.24) is 4.90 Å². The molecule has 5 rings (SSSR count). The lowest BCUT2D eigenvalue weighted by atomic mass is 9.98. The zero-order chi connectivity index (χ0) is 25.2. The fourth-order valence-corrected chi connectivity index (χ4v) is 4.40. The van der Waals surface area contributed by atoms with Gasteiger partial charge in [0.15, 0.2) is 11.5 Å². The summed E-state index contributed by atoms with van der Waals surface area (Å²) in [5.74, 6) is 0.501. The minimum atomic E-state index is -0.938. The molecule has 0 spiro atoms. The van der Waals surface area contributed by atoms with Crippen LogP contribution in [-0.2, 0) is 16.1 Å². The summed E-state index contributed by atoms with van der Waals surface area (Å²) in [6.45, 7) is 4.67. The predicted octanol–water partition coefficient (Wildman–Crippen LogP) is 4.43. The second-order valence-electron chi connectivity index (χ2n) is 8.15. The topological polar surface area (TPSA) is 108 Å². The summed E-state index contributed by atoms with van der Waals surface area (Å²) in [5.41, 5.74) is 0.924. The Morgan fingerprint density at radius 2 is 1.83 bits per heavy atom. The van der Waals surface area contributed by atoms with Gasteiger partial charge in [0.2, 0.25) is 6.79 Å². The van der Waals surface area contributed by atoms with Gasteiger partial charge in [-0.3, -0.25) is 9.59 Å². The van der Waals surface area contributed by atoms with Crippen molar-refractivity contribution in [1.29, 1.82) is 0 Å². The number of aliphatic hydroxyl groups excluding tert-OH is 1. The Balaban J connectivity index is 1.59. The Bertz CT molecular complexity index is 1330. The predicted molar refractivity (Wildman–Crippen MR) is 128 cm³/mol. The smallest absolute Gasteiger partial charge is 0.296 e. The average Bonchev–Trinajstić information content (AvgIpc) is 3.61. The molecule has 9 nitrogen and oxygen atoms in total. The zero-order valence-electron chi connectivity index (χ0n) is 19.9. The van der Waals surface area contributed by atoms with E-state index in [9.17, 15) is 14.7 Å². The number of aliphatic hydroxyl groups is 1. The van der Waals surface area contributed by atoms with Crippen LogP contribution in [0, 0.1) is 0 Å². The van der Waals surface area contributed by atoms with Gasteiger partial charge in [-0.15, -0.1) is 0 Å². The molecule has 0 aliphatic carbocycles. The highest BCUT2D eigenvalue weighted by Crippen LogP contribution is 2.43. The van der Waals surface area contributed by atoms with E-state index in [4.69, 9.17) is 23.4 Å². The van der Waals surface area contributed by atoms with Crippen LogP contribution in [0.25, 0.3) is 5.76 Å². The highest BCUT2D eigenvalue weighted by atomic mass is 16.7. The molecular formula is C27H25NO8. The summed E-state index contributed by atoms with van der Waals surface area (Å²) in [6, 6.07) is 12.6. The van der Waals surface area contributed by atoms with E-state index in [2.05, 4.69) is 0 Å². The first-order chi connectivity index (χ1) is 17.5. The van der Waals surface area contributed by atoms with E-state index in [1.807, 2.05) is 13.8 Å². The Morgan fingerprint density at radius 1 is 1.03 bits per heavy atom. The molecule has 0 bridgehead atoms. The van der Waals surface area contributed by atoms with E-state index in [0.29, 0.717) is 42.0 Å². The van der Waals surface area contributed by atoms with Gasteiger partial charge in [-0.2, -0.15) is 0 Å². The quantitative estimate of drug-likeness (QED) is 0.280. The Kier molecular flexibility index (Phi) is 6.28. The molecule has 3 heterocycles. The number of nitrogens with zero attached hydrogens (tertiary/aromatic N) is 1. The summed E-state index contributed by atoms with van der Waals surface area (Å²) in [7, 11) is 0. The molecule has 1 atom stereocenters. The molecule has 1 N–H and O–H groups in total. The van der Waals surface area contributed by atoms with Crippen LogP contribution >= 0.6 is 0 Å². The molecule has 2 aliphatic rings. The van der Waals surface area contributed by atoms with Crippen LogP contribution in [0.2, 0.25) is 0 Å². The van der Waals surface area contributed by atoms with E-state index in [0.717, 1.165) is 5.56 Å². The van der Waals surface area contributed by atoms with Gasteiger partial charge in [-0.1, -0.05) is 6.07 Å². The minimum absolute atomic E-state index is 0.0826. The zero-order valence-corrected chi connectivity index (χ0v) is 19.9. The van der Waals surface area contributed by atoms with Crippen molar-refractivity contribution in [2.75, 3.05) is 20.0 Å². The number of furan rings is 1. The van der Waals surface area contributed by atoms with E-state index >= 15 is 0 Å². The lowest BCUT2D eigenvalue weighted by Crippen LogP contribution is -2.29. The normalized spacial score (nSPS) is 18.1. The van der Waals surface area contributed by atoms with Crippen molar-refractivity contribution >= 4 is 17.4 Å². The van der Waals surface area contributed by atoms with Crippen molar-refractivity contribution in [2.24, 2.45) is 0 Å². The van der Waals surface area contributed by atoms with Gasteiger partial charge < -0.3 is 33.4 Å². The Labute approximate surface area is 207 Å². The number of ether oxygens (including phenoxy) is 4. The molecule has 1 unspecified atom stereocenters. The van der Waals surface area contributed by atoms with Crippen molar-refractivity contribution < 1.29 is 38.1 Å². The van der Waals surface area contributed by atoms with Gasteiger partial charge in [0, 0.05) is 12.6 Å². The fraction of sp³-hybridized carbons (Fsp3) is 0.259. The largest absolute Gasteiger partial charge is 0.507 e. The van der Waals surface area contributed by atoms with Crippen LogP contribution in [0.5, 0.6) is 23.0 Å². The van der Waals surface area contributed by atoms with Gasteiger partial charge in [0.05, 0.1) is 30.6 Å². The van der Waals surface area contributed by atoms with Gasteiger partial charge in [-0.25, -0.2) is 0 Å². The standard InChI is InChI=1S/C27H25NO8/c1-3-32-17-8-9-18(21(13-17)33-4-2)25(29)23-24(20-6-5-11-34-20)28(27(31)26(23)30)14-16-7-10-19-22(12-16)36-15-35-19/h5-13,24,29H,3-4,14-15H2,1-2H3/b25-23-. The number of Topliss-reactive ketones (excluding diaryl/α,β-unsaturated/α-hetero) is 1. The van der Waals surface area contributed by atoms with Crippen LogP contribution < -0.4 is 18.9 Å².